The molecule has 3 heterocycles. The molecular weight excluding hydrogens is 524 g/mol. The second-order valence-electron chi connectivity index (χ2n) is 10.8. The fourth-order valence-corrected chi connectivity index (χ4v) is 5.95. The molecule has 204 valence electrons. The largest absolute Gasteiger partial charge is 0.309 e. The summed E-state index contributed by atoms with van der Waals surface area (Å²) in [6.07, 6.45) is 5.30. The summed E-state index contributed by atoms with van der Waals surface area (Å²) in [5.74, 6) is 0.711. The van der Waals surface area contributed by atoms with E-state index in [1.54, 1.807) is 0 Å². The maximum Gasteiger partial charge on any atom is 0.160 e. The van der Waals surface area contributed by atoms with Crippen molar-refractivity contribution >= 4 is 27.5 Å². The van der Waals surface area contributed by atoms with Gasteiger partial charge in [-0.2, -0.15) is 0 Å². The van der Waals surface area contributed by atoms with E-state index in [0.29, 0.717) is 5.82 Å². The van der Waals surface area contributed by atoms with E-state index in [1.807, 2.05) is 18.2 Å². The topological polar surface area (TPSA) is 43.1 Å². The molecule has 8 rings (SSSR count). The molecule has 2 aromatic heterocycles. The average molecular weight is 553 g/mol. The number of hydrogen-bond acceptors (Lipinski definition) is 3. The number of fused-ring (bicyclic) bond motifs is 3. The SMILES string of the molecule is C1=CC(c2ccc(-c3cc(-c4ccc(-n5c6ccccc6c6ccccc65)cc4)nc(-c4ccccc4)n3)cc2)=NCC1. The molecule has 0 saturated carbocycles. The summed E-state index contributed by atoms with van der Waals surface area (Å²) in [7, 11) is 0. The Morgan fingerprint density at radius 3 is 1.67 bits per heavy atom. The number of allylic oxidation sites excluding steroid dienone is 1. The Hall–Kier alpha value is -5.61. The predicted molar refractivity (Wildman–Crippen MR) is 178 cm³/mol. The summed E-state index contributed by atoms with van der Waals surface area (Å²) < 4.78 is 2.34. The first kappa shape index (κ1) is 25.1. The Bertz CT molecular complexity index is 2100. The van der Waals surface area contributed by atoms with Crippen molar-refractivity contribution in [3.8, 4) is 39.6 Å². The molecule has 0 spiro atoms. The third-order valence-electron chi connectivity index (χ3n) is 8.09. The molecule has 0 saturated heterocycles. The summed E-state index contributed by atoms with van der Waals surface area (Å²) in [5, 5.41) is 2.51. The Labute approximate surface area is 250 Å². The van der Waals surface area contributed by atoms with Gasteiger partial charge in [0.05, 0.1) is 28.1 Å². The van der Waals surface area contributed by atoms with Gasteiger partial charge in [-0.3, -0.25) is 4.99 Å². The van der Waals surface area contributed by atoms with Crippen LogP contribution in [0.5, 0.6) is 0 Å². The van der Waals surface area contributed by atoms with Gasteiger partial charge in [0.1, 0.15) is 0 Å². The molecule has 0 bridgehead atoms. The number of dihydropyridines is 1. The highest BCUT2D eigenvalue weighted by Gasteiger charge is 2.14. The monoisotopic (exact) mass is 552 g/mol. The minimum absolute atomic E-state index is 0.711. The first-order valence-corrected chi connectivity index (χ1v) is 14.7. The molecule has 0 N–H and O–H groups in total. The zero-order valence-corrected chi connectivity index (χ0v) is 23.6. The maximum absolute atomic E-state index is 5.04. The van der Waals surface area contributed by atoms with Crippen LogP contribution in [0.1, 0.15) is 12.0 Å². The van der Waals surface area contributed by atoms with Crippen molar-refractivity contribution in [3.63, 3.8) is 0 Å². The second-order valence-corrected chi connectivity index (χ2v) is 10.8. The van der Waals surface area contributed by atoms with E-state index < -0.39 is 0 Å². The smallest absolute Gasteiger partial charge is 0.160 e. The van der Waals surface area contributed by atoms with E-state index in [9.17, 15) is 0 Å². The minimum Gasteiger partial charge on any atom is -0.309 e. The molecule has 5 aromatic carbocycles. The van der Waals surface area contributed by atoms with Crippen molar-refractivity contribution in [1.29, 1.82) is 0 Å². The fourth-order valence-electron chi connectivity index (χ4n) is 5.95. The third kappa shape index (κ3) is 4.63. The molecule has 0 amide bonds. The highest BCUT2D eigenvalue weighted by atomic mass is 15.0. The molecule has 7 aromatic rings. The molecule has 4 nitrogen and oxygen atoms in total. The van der Waals surface area contributed by atoms with Crippen LogP contribution >= 0.6 is 0 Å². The molecule has 0 unspecified atom stereocenters. The number of aliphatic imine (C=N–C) groups is 1. The normalized spacial score (nSPS) is 13.0. The molecular formula is C39H28N4. The van der Waals surface area contributed by atoms with Gasteiger partial charge < -0.3 is 4.57 Å². The van der Waals surface area contributed by atoms with E-state index in [0.717, 1.165) is 58.0 Å². The van der Waals surface area contributed by atoms with Crippen molar-refractivity contribution in [2.24, 2.45) is 4.99 Å². The van der Waals surface area contributed by atoms with Gasteiger partial charge in [0.15, 0.2) is 5.82 Å². The van der Waals surface area contributed by atoms with E-state index >= 15 is 0 Å². The molecule has 4 heteroatoms. The van der Waals surface area contributed by atoms with E-state index in [1.165, 1.54) is 21.8 Å². The Kier molecular flexibility index (Phi) is 6.23. The summed E-state index contributed by atoms with van der Waals surface area (Å²) in [5.41, 5.74) is 10.5. The first-order chi connectivity index (χ1) is 21.3. The number of para-hydroxylation sites is 2. The van der Waals surface area contributed by atoms with Crippen LogP contribution in [0.15, 0.2) is 151 Å². The average Bonchev–Trinajstić information content (AvgIpc) is 3.43. The van der Waals surface area contributed by atoms with Gasteiger partial charge in [-0.1, -0.05) is 109 Å². The van der Waals surface area contributed by atoms with E-state index in [4.69, 9.17) is 9.97 Å². The van der Waals surface area contributed by atoms with Gasteiger partial charge >= 0.3 is 0 Å². The molecule has 1 aliphatic heterocycles. The van der Waals surface area contributed by atoms with Crippen molar-refractivity contribution in [3.05, 3.63) is 151 Å². The van der Waals surface area contributed by atoms with Crippen LogP contribution in [-0.2, 0) is 0 Å². The maximum atomic E-state index is 5.04. The summed E-state index contributed by atoms with van der Waals surface area (Å²) in [6, 6.07) is 46.7. The lowest BCUT2D eigenvalue weighted by Crippen LogP contribution is -2.02. The summed E-state index contributed by atoms with van der Waals surface area (Å²) >= 11 is 0. The van der Waals surface area contributed by atoms with Gasteiger partial charge in [-0.15, -0.1) is 0 Å². The predicted octanol–water partition coefficient (Wildman–Crippen LogP) is 9.32. The Morgan fingerprint density at radius 2 is 1.07 bits per heavy atom. The van der Waals surface area contributed by atoms with Gasteiger partial charge in [-0.05, 0) is 48.4 Å². The second kappa shape index (κ2) is 10.7. The van der Waals surface area contributed by atoms with Crippen molar-refractivity contribution in [2.75, 3.05) is 6.54 Å². The standard InChI is InChI=1S/C39H28N4/c1-2-10-30(11-3-1)39-41-35(28-19-17-27(18-20-28)34-14-8-9-25-40-34)26-36(42-39)29-21-23-31(24-22-29)43-37-15-6-4-12-32(37)33-13-5-7-16-38(33)43/h1-8,10-24,26H,9,25H2. The van der Waals surface area contributed by atoms with Gasteiger partial charge in [0.25, 0.3) is 0 Å². The number of aromatic nitrogens is 3. The lowest BCUT2D eigenvalue weighted by molar-refractivity contribution is 0.994. The minimum atomic E-state index is 0.711. The van der Waals surface area contributed by atoms with Crippen LogP contribution < -0.4 is 0 Å². The third-order valence-corrected chi connectivity index (χ3v) is 8.09. The van der Waals surface area contributed by atoms with Crippen LogP contribution in [0.25, 0.3) is 61.4 Å². The van der Waals surface area contributed by atoms with Gasteiger partial charge in [0, 0.05) is 39.7 Å². The molecule has 0 radical (unpaired) electrons. The first-order valence-electron chi connectivity index (χ1n) is 14.7. The number of rotatable bonds is 5. The lowest BCUT2D eigenvalue weighted by atomic mass is 10.0. The Morgan fingerprint density at radius 1 is 0.512 bits per heavy atom. The van der Waals surface area contributed by atoms with Crippen LogP contribution in [0.2, 0.25) is 0 Å². The molecule has 0 aliphatic carbocycles. The zero-order chi connectivity index (χ0) is 28.6. The summed E-state index contributed by atoms with van der Waals surface area (Å²) in [6.45, 7) is 0.846. The highest BCUT2D eigenvalue weighted by molar-refractivity contribution is 6.10. The van der Waals surface area contributed by atoms with Crippen LogP contribution in [0, 0.1) is 0 Å². The highest BCUT2D eigenvalue weighted by Crippen LogP contribution is 2.33. The fraction of sp³-hybridized carbons (Fsp3) is 0.0513. The zero-order valence-electron chi connectivity index (χ0n) is 23.6. The van der Waals surface area contributed by atoms with Crippen LogP contribution in [0.4, 0.5) is 0 Å². The van der Waals surface area contributed by atoms with Crippen molar-refractivity contribution in [1.82, 2.24) is 14.5 Å². The quantitative estimate of drug-likeness (QED) is 0.214. The van der Waals surface area contributed by atoms with Crippen molar-refractivity contribution < 1.29 is 0 Å². The van der Waals surface area contributed by atoms with Gasteiger partial charge in [0.2, 0.25) is 0 Å². The molecule has 43 heavy (non-hydrogen) atoms. The van der Waals surface area contributed by atoms with Crippen LogP contribution in [-0.4, -0.2) is 26.8 Å². The van der Waals surface area contributed by atoms with Crippen LogP contribution in [0.3, 0.4) is 0 Å². The summed E-state index contributed by atoms with van der Waals surface area (Å²) in [4.78, 5) is 14.7. The number of benzene rings is 5. The van der Waals surface area contributed by atoms with E-state index in [-0.39, 0.29) is 0 Å². The molecule has 0 atom stereocenters. The number of hydrogen-bond donors (Lipinski definition) is 0. The van der Waals surface area contributed by atoms with Crippen molar-refractivity contribution in [2.45, 2.75) is 6.42 Å². The van der Waals surface area contributed by atoms with E-state index in [2.05, 4.69) is 137 Å². The Balaban J connectivity index is 1.21. The number of nitrogens with zero attached hydrogens (tertiary/aromatic N) is 4. The van der Waals surface area contributed by atoms with Gasteiger partial charge in [-0.25, -0.2) is 9.97 Å². The molecule has 0 fully saturated rings. The lowest BCUT2D eigenvalue weighted by Gasteiger charge is -2.12. The molecule has 1 aliphatic rings.